The molecule has 5 nitrogen and oxygen atoms in total. The lowest BCUT2D eigenvalue weighted by Crippen LogP contribution is -2.27. The van der Waals surface area contributed by atoms with Crippen LogP contribution < -0.4 is 0 Å². The minimum absolute atomic E-state index is 0.0709. The summed E-state index contributed by atoms with van der Waals surface area (Å²) in [7, 11) is 1.72. The number of carbonyl (C=O) groups is 1. The first kappa shape index (κ1) is 14.0. The zero-order valence-corrected chi connectivity index (χ0v) is 11.0. The minimum atomic E-state index is -1.02. The Hall–Kier alpha value is -1.46. The number of aromatic carboxylic acids is 1. The fraction of sp³-hybridized carbons (Fsp3) is 0.571. The molecule has 0 bridgehead atoms. The summed E-state index contributed by atoms with van der Waals surface area (Å²) in [5.74, 6) is -1.02. The number of carboxylic acid groups (broad SMARTS) is 1. The van der Waals surface area contributed by atoms with Crippen molar-refractivity contribution in [3.8, 4) is 0 Å². The molecule has 1 fully saturated rings. The van der Waals surface area contributed by atoms with Crippen molar-refractivity contribution in [1.82, 2.24) is 4.98 Å². The Morgan fingerprint density at radius 1 is 1.47 bits per heavy atom. The molecule has 1 heterocycles. The van der Waals surface area contributed by atoms with Crippen molar-refractivity contribution >= 4 is 5.97 Å². The van der Waals surface area contributed by atoms with E-state index in [1.807, 2.05) is 0 Å². The van der Waals surface area contributed by atoms with Gasteiger partial charge >= 0.3 is 5.97 Å². The van der Waals surface area contributed by atoms with Gasteiger partial charge in [-0.15, -0.1) is 0 Å². The Bertz CT molecular complexity index is 435. The Labute approximate surface area is 112 Å². The van der Waals surface area contributed by atoms with Crippen molar-refractivity contribution in [3.05, 3.63) is 29.6 Å². The Kier molecular flexibility index (Phi) is 4.87. The van der Waals surface area contributed by atoms with Crippen molar-refractivity contribution in [2.75, 3.05) is 7.11 Å². The van der Waals surface area contributed by atoms with Gasteiger partial charge in [0.2, 0.25) is 0 Å². The summed E-state index contributed by atoms with van der Waals surface area (Å²) in [5.41, 5.74) is 0.691. The van der Waals surface area contributed by atoms with Gasteiger partial charge in [-0.1, -0.05) is 6.07 Å². The van der Waals surface area contributed by atoms with Gasteiger partial charge in [0.1, 0.15) is 0 Å². The molecule has 1 aromatic rings. The molecule has 0 aliphatic heterocycles. The van der Waals surface area contributed by atoms with Gasteiger partial charge in [-0.3, -0.25) is 0 Å². The molecule has 1 saturated carbocycles. The molecule has 1 aliphatic rings. The smallest absolute Gasteiger partial charge is 0.354 e. The lowest BCUT2D eigenvalue weighted by Gasteiger charge is -2.28. The molecule has 2 rings (SSSR count). The first-order valence-electron chi connectivity index (χ1n) is 6.52. The molecule has 1 aliphatic carbocycles. The second-order valence-electron chi connectivity index (χ2n) is 4.77. The standard InChI is InChI=1S/C14H19NO4/c1-18-11-5-2-6-12(8-11)19-9-10-4-3-7-15-13(10)14(16)17/h3-4,7,11-12H,2,5-6,8-9H2,1H3,(H,16,17). The number of pyridine rings is 1. The molecular formula is C14H19NO4. The second kappa shape index (κ2) is 6.63. The normalized spacial score (nSPS) is 23.2. The Balaban J connectivity index is 1.93. The molecule has 0 spiro atoms. The summed E-state index contributed by atoms with van der Waals surface area (Å²) in [4.78, 5) is 14.9. The third-order valence-electron chi connectivity index (χ3n) is 3.48. The maximum absolute atomic E-state index is 11.0. The summed E-state index contributed by atoms with van der Waals surface area (Å²) < 4.78 is 11.2. The lowest BCUT2D eigenvalue weighted by molar-refractivity contribution is -0.0366. The zero-order chi connectivity index (χ0) is 13.7. The van der Waals surface area contributed by atoms with Crippen molar-refractivity contribution in [2.24, 2.45) is 0 Å². The van der Waals surface area contributed by atoms with Crippen molar-refractivity contribution in [3.63, 3.8) is 0 Å². The first-order chi connectivity index (χ1) is 9.20. The van der Waals surface area contributed by atoms with Crippen LogP contribution >= 0.6 is 0 Å². The monoisotopic (exact) mass is 265 g/mol. The number of hydrogen-bond acceptors (Lipinski definition) is 4. The summed E-state index contributed by atoms with van der Waals surface area (Å²) >= 11 is 0. The molecule has 0 amide bonds. The fourth-order valence-electron chi connectivity index (χ4n) is 2.42. The number of rotatable bonds is 5. The molecule has 19 heavy (non-hydrogen) atoms. The number of nitrogens with zero attached hydrogens (tertiary/aromatic N) is 1. The maximum Gasteiger partial charge on any atom is 0.354 e. The SMILES string of the molecule is COC1CCCC(OCc2cccnc2C(=O)O)C1. The van der Waals surface area contributed by atoms with Gasteiger partial charge in [0.15, 0.2) is 5.69 Å². The molecule has 0 radical (unpaired) electrons. The van der Waals surface area contributed by atoms with Gasteiger partial charge < -0.3 is 14.6 Å². The van der Waals surface area contributed by atoms with Crippen LogP contribution in [0.15, 0.2) is 18.3 Å². The first-order valence-corrected chi connectivity index (χ1v) is 6.52. The van der Waals surface area contributed by atoms with E-state index in [0.29, 0.717) is 5.56 Å². The van der Waals surface area contributed by atoms with Crippen LogP contribution in [0.1, 0.15) is 41.7 Å². The molecule has 0 aromatic carbocycles. The number of methoxy groups -OCH3 is 1. The summed E-state index contributed by atoms with van der Waals surface area (Å²) in [6.07, 6.45) is 5.91. The predicted octanol–water partition coefficient (Wildman–Crippen LogP) is 2.25. The van der Waals surface area contributed by atoms with Crippen molar-refractivity contribution in [1.29, 1.82) is 0 Å². The van der Waals surface area contributed by atoms with Crippen LogP contribution in [0.4, 0.5) is 0 Å². The Morgan fingerprint density at radius 2 is 2.26 bits per heavy atom. The maximum atomic E-state index is 11.0. The summed E-state index contributed by atoms with van der Waals surface area (Å²) in [6.45, 7) is 0.288. The molecule has 1 aromatic heterocycles. The quantitative estimate of drug-likeness (QED) is 0.884. The lowest BCUT2D eigenvalue weighted by atomic mass is 9.95. The minimum Gasteiger partial charge on any atom is -0.477 e. The molecule has 0 saturated heterocycles. The van der Waals surface area contributed by atoms with Crippen LogP contribution in [0.25, 0.3) is 0 Å². The van der Waals surface area contributed by atoms with Gasteiger partial charge in [0, 0.05) is 18.9 Å². The molecule has 104 valence electrons. The van der Waals surface area contributed by atoms with E-state index in [4.69, 9.17) is 14.6 Å². The second-order valence-corrected chi connectivity index (χ2v) is 4.77. The van der Waals surface area contributed by atoms with E-state index in [-0.39, 0.29) is 24.5 Å². The van der Waals surface area contributed by atoms with E-state index in [9.17, 15) is 4.79 Å². The largest absolute Gasteiger partial charge is 0.477 e. The number of hydrogen-bond donors (Lipinski definition) is 1. The molecule has 2 unspecified atom stereocenters. The highest BCUT2D eigenvalue weighted by Crippen LogP contribution is 2.24. The fourth-order valence-corrected chi connectivity index (χ4v) is 2.42. The van der Waals surface area contributed by atoms with Crippen LogP contribution in [0, 0.1) is 0 Å². The average molecular weight is 265 g/mol. The number of ether oxygens (including phenoxy) is 2. The van der Waals surface area contributed by atoms with Crippen LogP contribution in [-0.4, -0.2) is 35.4 Å². The Morgan fingerprint density at radius 3 is 3.00 bits per heavy atom. The van der Waals surface area contributed by atoms with E-state index in [0.717, 1.165) is 25.7 Å². The zero-order valence-electron chi connectivity index (χ0n) is 11.0. The van der Waals surface area contributed by atoms with E-state index in [2.05, 4.69) is 4.98 Å². The van der Waals surface area contributed by atoms with E-state index in [1.54, 1.807) is 19.2 Å². The van der Waals surface area contributed by atoms with Gasteiger partial charge in [-0.25, -0.2) is 9.78 Å². The molecular weight excluding hydrogens is 246 g/mol. The topological polar surface area (TPSA) is 68.7 Å². The van der Waals surface area contributed by atoms with Gasteiger partial charge in [0.25, 0.3) is 0 Å². The predicted molar refractivity (Wildman–Crippen MR) is 69.0 cm³/mol. The van der Waals surface area contributed by atoms with Crippen molar-refractivity contribution in [2.45, 2.75) is 44.5 Å². The van der Waals surface area contributed by atoms with Crippen molar-refractivity contribution < 1.29 is 19.4 Å². The highest BCUT2D eigenvalue weighted by atomic mass is 16.5. The van der Waals surface area contributed by atoms with Gasteiger partial charge in [-0.05, 0) is 31.7 Å². The van der Waals surface area contributed by atoms with Gasteiger partial charge in [-0.2, -0.15) is 0 Å². The average Bonchev–Trinajstić information content (AvgIpc) is 2.45. The van der Waals surface area contributed by atoms with Gasteiger partial charge in [0.05, 0.1) is 18.8 Å². The third kappa shape index (κ3) is 3.75. The number of carboxylic acids is 1. The van der Waals surface area contributed by atoms with Crippen LogP contribution in [0.3, 0.4) is 0 Å². The van der Waals surface area contributed by atoms with Crippen LogP contribution in [-0.2, 0) is 16.1 Å². The summed E-state index contributed by atoms with van der Waals surface area (Å²) in [6, 6.07) is 3.47. The summed E-state index contributed by atoms with van der Waals surface area (Å²) in [5, 5.41) is 9.04. The van der Waals surface area contributed by atoms with E-state index < -0.39 is 5.97 Å². The number of aromatic nitrogens is 1. The van der Waals surface area contributed by atoms with Crippen LogP contribution in [0.2, 0.25) is 0 Å². The third-order valence-corrected chi connectivity index (χ3v) is 3.48. The highest BCUT2D eigenvalue weighted by molar-refractivity contribution is 5.86. The molecule has 2 atom stereocenters. The van der Waals surface area contributed by atoms with E-state index >= 15 is 0 Å². The van der Waals surface area contributed by atoms with E-state index in [1.165, 1.54) is 6.20 Å². The molecule has 1 N–H and O–H groups in total. The highest BCUT2D eigenvalue weighted by Gasteiger charge is 2.22. The molecule has 5 heteroatoms. The van der Waals surface area contributed by atoms with Crippen LogP contribution in [0.5, 0.6) is 0 Å².